The summed E-state index contributed by atoms with van der Waals surface area (Å²) < 4.78 is 0. The van der Waals surface area contributed by atoms with Gasteiger partial charge in [-0.25, -0.2) is 4.79 Å². The molecule has 0 fully saturated rings. The van der Waals surface area contributed by atoms with Crippen molar-refractivity contribution in [1.29, 1.82) is 0 Å². The predicted molar refractivity (Wildman–Crippen MR) is 84.9 cm³/mol. The molecule has 0 atom stereocenters. The van der Waals surface area contributed by atoms with Crippen LogP contribution in [0.4, 0.5) is 5.69 Å². The number of carbonyl (C=O) groups is 2. The first-order chi connectivity index (χ1) is 10.5. The summed E-state index contributed by atoms with van der Waals surface area (Å²) in [5.41, 5.74) is 9.63. The molecule has 0 saturated carbocycles. The summed E-state index contributed by atoms with van der Waals surface area (Å²) in [6.07, 6.45) is 3.15. The number of hydrogen-bond donors (Lipinski definition) is 2. The fourth-order valence-corrected chi connectivity index (χ4v) is 2.64. The second-order valence-electron chi connectivity index (χ2n) is 5.34. The van der Waals surface area contributed by atoms with Crippen LogP contribution < -0.4 is 5.73 Å². The van der Waals surface area contributed by atoms with Gasteiger partial charge in [0, 0.05) is 16.8 Å². The number of benzene rings is 2. The minimum Gasteiger partial charge on any atom is -0.478 e. The molecule has 0 saturated heterocycles. The summed E-state index contributed by atoms with van der Waals surface area (Å²) in [7, 11) is 0. The van der Waals surface area contributed by atoms with Gasteiger partial charge in [-0.1, -0.05) is 12.1 Å². The van der Waals surface area contributed by atoms with Gasteiger partial charge in [-0.2, -0.15) is 0 Å². The lowest BCUT2D eigenvalue weighted by atomic mass is 9.85. The average molecular weight is 293 g/mol. The second-order valence-corrected chi connectivity index (χ2v) is 5.34. The standard InChI is InChI=1S/C18H15NO3/c19-15-6-1-11(2-7-15)9-13-4-3-12-10-14(18(21)22)5-8-16(12)17(13)20/h1-2,5-10H,3-4,19H2,(H,21,22)/b13-9+. The SMILES string of the molecule is Nc1ccc(/C=C2\CCc3cc(C(=O)O)ccc3C2=O)cc1. The van der Waals surface area contributed by atoms with Crippen molar-refractivity contribution in [3.63, 3.8) is 0 Å². The number of Topliss-reactive ketones (excluding diaryl/α,β-unsaturated/α-hetero) is 1. The summed E-state index contributed by atoms with van der Waals surface area (Å²) in [5.74, 6) is -1.01. The van der Waals surface area contributed by atoms with Crippen LogP contribution in [0.3, 0.4) is 0 Å². The molecule has 0 spiro atoms. The monoisotopic (exact) mass is 293 g/mol. The highest BCUT2D eigenvalue weighted by atomic mass is 16.4. The molecule has 0 unspecified atom stereocenters. The maximum absolute atomic E-state index is 12.5. The van der Waals surface area contributed by atoms with E-state index in [0.717, 1.165) is 16.7 Å². The highest BCUT2D eigenvalue weighted by Crippen LogP contribution is 2.27. The number of ketones is 1. The number of nitrogen functional groups attached to an aromatic ring is 1. The van der Waals surface area contributed by atoms with Gasteiger partial charge in [-0.15, -0.1) is 0 Å². The van der Waals surface area contributed by atoms with Crippen LogP contribution in [0.1, 0.15) is 38.3 Å². The molecule has 110 valence electrons. The number of carboxylic acids is 1. The van der Waals surface area contributed by atoms with Gasteiger partial charge in [-0.3, -0.25) is 4.79 Å². The van der Waals surface area contributed by atoms with E-state index in [4.69, 9.17) is 10.8 Å². The second kappa shape index (κ2) is 5.48. The minimum absolute atomic E-state index is 0.0324. The first-order valence-electron chi connectivity index (χ1n) is 7.01. The molecule has 0 aliphatic heterocycles. The number of anilines is 1. The van der Waals surface area contributed by atoms with Gasteiger partial charge in [0.2, 0.25) is 0 Å². The van der Waals surface area contributed by atoms with Crippen LogP contribution in [0.2, 0.25) is 0 Å². The van der Waals surface area contributed by atoms with E-state index in [-0.39, 0.29) is 11.3 Å². The van der Waals surface area contributed by atoms with Crippen LogP contribution in [0.15, 0.2) is 48.0 Å². The van der Waals surface area contributed by atoms with Crippen molar-refractivity contribution in [1.82, 2.24) is 0 Å². The molecule has 22 heavy (non-hydrogen) atoms. The number of aromatic carboxylic acids is 1. The molecule has 0 aromatic heterocycles. The Hall–Kier alpha value is -2.88. The quantitative estimate of drug-likeness (QED) is 0.658. The van der Waals surface area contributed by atoms with Crippen molar-refractivity contribution >= 4 is 23.5 Å². The van der Waals surface area contributed by atoms with Gasteiger partial charge >= 0.3 is 5.97 Å². The zero-order valence-corrected chi connectivity index (χ0v) is 11.9. The van der Waals surface area contributed by atoms with Gasteiger partial charge in [0.1, 0.15) is 0 Å². The number of hydrogen-bond acceptors (Lipinski definition) is 3. The van der Waals surface area contributed by atoms with Crippen LogP contribution in [-0.2, 0) is 6.42 Å². The summed E-state index contributed by atoms with van der Waals surface area (Å²) >= 11 is 0. The summed E-state index contributed by atoms with van der Waals surface area (Å²) in [5, 5.41) is 9.01. The van der Waals surface area contributed by atoms with Crippen LogP contribution in [0.25, 0.3) is 6.08 Å². The van der Waals surface area contributed by atoms with Crippen LogP contribution in [0.5, 0.6) is 0 Å². The highest BCUT2D eigenvalue weighted by Gasteiger charge is 2.22. The first-order valence-corrected chi connectivity index (χ1v) is 7.01. The van der Waals surface area contributed by atoms with E-state index in [2.05, 4.69) is 0 Å². The molecule has 0 amide bonds. The Morgan fingerprint density at radius 1 is 1.09 bits per heavy atom. The topological polar surface area (TPSA) is 80.4 Å². The number of carboxylic acid groups (broad SMARTS) is 1. The van der Waals surface area contributed by atoms with Gasteiger partial charge in [-0.05, 0) is 60.4 Å². The highest BCUT2D eigenvalue weighted by molar-refractivity contribution is 6.13. The molecule has 4 heteroatoms. The molecule has 0 heterocycles. The molecule has 1 aliphatic rings. The number of rotatable bonds is 2. The van der Waals surface area contributed by atoms with Crippen LogP contribution >= 0.6 is 0 Å². The Labute approximate surface area is 127 Å². The predicted octanol–water partition coefficient (Wildman–Crippen LogP) is 3.18. The number of aryl methyl sites for hydroxylation is 1. The third kappa shape index (κ3) is 2.63. The van der Waals surface area contributed by atoms with Gasteiger partial charge in [0.05, 0.1) is 5.56 Å². The van der Waals surface area contributed by atoms with Gasteiger partial charge in [0.25, 0.3) is 0 Å². The summed E-state index contributed by atoms with van der Waals surface area (Å²) in [4.78, 5) is 23.5. The van der Waals surface area contributed by atoms with Crippen molar-refractivity contribution in [3.05, 3.63) is 70.3 Å². The lowest BCUT2D eigenvalue weighted by Gasteiger charge is -2.18. The first kappa shape index (κ1) is 14.1. The lowest BCUT2D eigenvalue weighted by Crippen LogP contribution is -2.15. The molecule has 2 aromatic carbocycles. The minimum atomic E-state index is -0.974. The van der Waals surface area contributed by atoms with Crippen molar-refractivity contribution in [2.75, 3.05) is 5.73 Å². The van der Waals surface area contributed by atoms with E-state index in [1.807, 2.05) is 18.2 Å². The Morgan fingerprint density at radius 2 is 1.82 bits per heavy atom. The maximum atomic E-state index is 12.5. The van der Waals surface area contributed by atoms with Crippen molar-refractivity contribution in [3.8, 4) is 0 Å². The zero-order chi connectivity index (χ0) is 15.7. The lowest BCUT2D eigenvalue weighted by molar-refractivity contribution is 0.0696. The summed E-state index contributed by atoms with van der Waals surface area (Å²) in [6.45, 7) is 0. The molecule has 4 nitrogen and oxygen atoms in total. The summed E-state index contributed by atoms with van der Waals surface area (Å²) in [6, 6.07) is 12.0. The smallest absolute Gasteiger partial charge is 0.335 e. The van der Waals surface area contributed by atoms with E-state index in [9.17, 15) is 9.59 Å². The molecule has 3 N–H and O–H groups in total. The Bertz CT molecular complexity index is 788. The van der Waals surface area contributed by atoms with Crippen molar-refractivity contribution < 1.29 is 14.7 Å². The average Bonchev–Trinajstić information content (AvgIpc) is 2.52. The van der Waals surface area contributed by atoms with Gasteiger partial charge in [0.15, 0.2) is 5.78 Å². The van der Waals surface area contributed by atoms with Crippen LogP contribution in [0, 0.1) is 0 Å². The number of allylic oxidation sites excluding steroid dienone is 1. The van der Waals surface area contributed by atoms with E-state index in [1.165, 1.54) is 6.07 Å². The molecule has 0 radical (unpaired) electrons. The fraction of sp³-hybridized carbons (Fsp3) is 0.111. The number of carbonyl (C=O) groups excluding carboxylic acids is 1. The Balaban J connectivity index is 1.94. The van der Waals surface area contributed by atoms with Gasteiger partial charge < -0.3 is 10.8 Å². The van der Waals surface area contributed by atoms with Crippen LogP contribution in [-0.4, -0.2) is 16.9 Å². The third-order valence-corrected chi connectivity index (χ3v) is 3.83. The van der Waals surface area contributed by atoms with E-state index >= 15 is 0 Å². The molecule has 1 aliphatic carbocycles. The molecule has 0 bridgehead atoms. The molecule has 2 aromatic rings. The fourth-order valence-electron chi connectivity index (χ4n) is 2.64. The molecular weight excluding hydrogens is 278 g/mol. The number of nitrogens with two attached hydrogens (primary N) is 1. The zero-order valence-electron chi connectivity index (χ0n) is 11.9. The largest absolute Gasteiger partial charge is 0.478 e. The Morgan fingerprint density at radius 3 is 2.50 bits per heavy atom. The van der Waals surface area contributed by atoms with E-state index < -0.39 is 5.97 Å². The van der Waals surface area contributed by atoms with E-state index in [1.54, 1.807) is 24.3 Å². The van der Waals surface area contributed by atoms with E-state index in [0.29, 0.717) is 24.1 Å². The Kier molecular flexibility index (Phi) is 3.51. The third-order valence-electron chi connectivity index (χ3n) is 3.83. The molecule has 3 rings (SSSR count). The van der Waals surface area contributed by atoms with Crippen molar-refractivity contribution in [2.24, 2.45) is 0 Å². The van der Waals surface area contributed by atoms with Crippen molar-refractivity contribution in [2.45, 2.75) is 12.8 Å². The number of fused-ring (bicyclic) bond motifs is 1. The normalized spacial score (nSPS) is 15.6. The molecular formula is C18H15NO3. The maximum Gasteiger partial charge on any atom is 0.335 e.